The molecule has 1 aliphatic heterocycles. The number of ether oxygens (including phenoxy) is 2. The first kappa shape index (κ1) is 14.2. The molecule has 21 heavy (non-hydrogen) atoms. The number of benzene rings is 2. The molecule has 0 fully saturated rings. The third kappa shape index (κ3) is 2.69. The Morgan fingerprint density at radius 2 is 2.10 bits per heavy atom. The van der Waals surface area contributed by atoms with Gasteiger partial charge >= 0.3 is 0 Å². The van der Waals surface area contributed by atoms with E-state index < -0.39 is 0 Å². The van der Waals surface area contributed by atoms with Crippen molar-refractivity contribution in [2.24, 2.45) is 5.73 Å². The monoisotopic (exact) mass is 307 g/mol. The van der Waals surface area contributed by atoms with Gasteiger partial charge in [0.2, 0.25) is 0 Å². The maximum absolute atomic E-state index is 13.4. The number of hydrogen-bond acceptors (Lipinski definition) is 3. The van der Waals surface area contributed by atoms with E-state index in [4.69, 9.17) is 26.8 Å². The molecule has 2 atom stereocenters. The zero-order valence-corrected chi connectivity index (χ0v) is 12.2. The highest BCUT2D eigenvalue weighted by Gasteiger charge is 2.27. The van der Waals surface area contributed by atoms with Crippen molar-refractivity contribution in [3.05, 3.63) is 58.4 Å². The Morgan fingerprint density at radius 1 is 1.29 bits per heavy atom. The molecule has 0 spiro atoms. The van der Waals surface area contributed by atoms with Gasteiger partial charge in [0.25, 0.3) is 0 Å². The van der Waals surface area contributed by atoms with Gasteiger partial charge in [-0.1, -0.05) is 23.7 Å². The molecule has 3 nitrogen and oxygen atoms in total. The number of fused-ring (bicyclic) bond motifs is 1. The van der Waals surface area contributed by atoms with E-state index in [2.05, 4.69) is 0 Å². The fourth-order valence-corrected chi connectivity index (χ4v) is 2.83. The Morgan fingerprint density at radius 3 is 2.81 bits per heavy atom. The summed E-state index contributed by atoms with van der Waals surface area (Å²) in [6, 6.07) is 9.70. The molecule has 110 valence electrons. The van der Waals surface area contributed by atoms with Crippen LogP contribution in [0.4, 0.5) is 4.39 Å². The van der Waals surface area contributed by atoms with Crippen LogP contribution in [0.1, 0.15) is 29.7 Å². The van der Waals surface area contributed by atoms with Crippen LogP contribution in [0, 0.1) is 5.82 Å². The van der Waals surface area contributed by atoms with E-state index in [1.807, 2.05) is 6.07 Å². The van der Waals surface area contributed by atoms with Crippen LogP contribution < -0.4 is 15.2 Å². The summed E-state index contributed by atoms with van der Waals surface area (Å²) in [5.41, 5.74) is 7.88. The van der Waals surface area contributed by atoms with E-state index in [0.29, 0.717) is 22.9 Å². The molecule has 0 aromatic heterocycles. The molecule has 1 heterocycles. The maximum Gasteiger partial charge on any atom is 0.137 e. The second-order valence-corrected chi connectivity index (χ2v) is 5.43. The molecular weight excluding hydrogens is 293 g/mol. The first-order valence-corrected chi connectivity index (χ1v) is 7.01. The van der Waals surface area contributed by atoms with Gasteiger partial charge in [-0.15, -0.1) is 0 Å². The molecular formula is C16H15ClFNO2. The van der Waals surface area contributed by atoms with Gasteiger partial charge in [0.1, 0.15) is 23.4 Å². The summed E-state index contributed by atoms with van der Waals surface area (Å²) in [5.74, 6) is 0.757. The normalized spacial score (nSPS) is 20.6. The van der Waals surface area contributed by atoms with Crippen LogP contribution in [0.25, 0.3) is 0 Å². The summed E-state index contributed by atoms with van der Waals surface area (Å²) in [6.45, 7) is 0. The highest BCUT2D eigenvalue weighted by molar-refractivity contribution is 6.32. The van der Waals surface area contributed by atoms with Gasteiger partial charge in [0.05, 0.1) is 12.1 Å². The Kier molecular flexibility index (Phi) is 3.74. The molecule has 0 aliphatic carbocycles. The number of rotatable bonds is 2. The van der Waals surface area contributed by atoms with Crippen LogP contribution in [0.3, 0.4) is 0 Å². The molecule has 2 N–H and O–H groups in total. The van der Waals surface area contributed by atoms with Gasteiger partial charge in [-0.3, -0.25) is 0 Å². The van der Waals surface area contributed by atoms with Crippen LogP contribution in [0.15, 0.2) is 36.4 Å². The lowest BCUT2D eigenvalue weighted by Crippen LogP contribution is -2.24. The minimum Gasteiger partial charge on any atom is -0.495 e. The Bertz CT molecular complexity index is 677. The van der Waals surface area contributed by atoms with E-state index in [9.17, 15) is 4.39 Å². The Labute approximate surface area is 127 Å². The van der Waals surface area contributed by atoms with Crippen LogP contribution in [0.5, 0.6) is 11.5 Å². The lowest BCUT2D eigenvalue weighted by molar-refractivity contribution is 0.160. The predicted molar refractivity (Wildman–Crippen MR) is 79.3 cm³/mol. The third-order valence-corrected chi connectivity index (χ3v) is 3.96. The molecule has 0 saturated heterocycles. The van der Waals surface area contributed by atoms with Crippen LogP contribution in [0.2, 0.25) is 5.02 Å². The fourth-order valence-electron chi connectivity index (χ4n) is 2.56. The predicted octanol–water partition coefficient (Wildman–Crippen LogP) is 4.01. The molecule has 5 heteroatoms. The number of methoxy groups -OCH3 is 1. The van der Waals surface area contributed by atoms with E-state index >= 15 is 0 Å². The van der Waals surface area contributed by atoms with Gasteiger partial charge in [0, 0.05) is 24.1 Å². The summed E-state index contributed by atoms with van der Waals surface area (Å²) in [6.07, 6.45) is 0.360. The van der Waals surface area contributed by atoms with E-state index in [1.165, 1.54) is 12.1 Å². The summed E-state index contributed by atoms with van der Waals surface area (Å²) in [5, 5.41) is 0.511. The van der Waals surface area contributed by atoms with Crippen LogP contribution in [-0.4, -0.2) is 7.11 Å². The summed E-state index contributed by atoms with van der Waals surface area (Å²) in [4.78, 5) is 0. The summed E-state index contributed by atoms with van der Waals surface area (Å²) in [7, 11) is 1.56. The zero-order chi connectivity index (χ0) is 15.0. The molecule has 3 rings (SSSR count). The van der Waals surface area contributed by atoms with Crippen LogP contribution >= 0.6 is 11.6 Å². The van der Waals surface area contributed by atoms with Gasteiger partial charge < -0.3 is 15.2 Å². The van der Waals surface area contributed by atoms with Crippen molar-refractivity contribution in [3.8, 4) is 11.5 Å². The SMILES string of the molecule is COc1ccc(C2CC(N)c3ccc(F)cc3O2)cc1Cl. The first-order chi connectivity index (χ1) is 10.1. The molecule has 0 bridgehead atoms. The van der Waals surface area contributed by atoms with Crippen molar-refractivity contribution in [1.82, 2.24) is 0 Å². The van der Waals surface area contributed by atoms with Crippen molar-refractivity contribution in [2.45, 2.75) is 18.6 Å². The van der Waals surface area contributed by atoms with E-state index in [0.717, 1.165) is 11.1 Å². The fraction of sp³-hybridized carbons (Fsp3) is 0.250. The lowest BCUT2D eigenvalue weighted by atomic mass is 9.93. The van der Waals surface area contributed by atoms with Crippen molar-refractivity contribution in [1.29, 1.82) is 0 Å². The minimum absolute atomic E-state index is 0.194. The van der Waals surface area contributed by atoms with Gasteiger partial charge in [0.15, 0.2) is 0 Å². The summed E-state index contributed by atoms with van der Waals surface area (Å²) >= 11 is 6.14. The lowest BCUT2D eigenvalue weighted by Gasteiger charge is -2.30. The van der Waals surface area contributed by atoms with Gasteiger partial charge in [-0.05, 0) is 23.8 Å². The second-order valence-electron chi connectivity index (χ2n) is 5.02. The smallest absolute Gasteiger partial charge is 0.137 e. The molecule has 0 amide bonds. The maximum atomic E-state index is 13.4. The quantitative estimate of drug-likeness (QED) is 0.911. The van der Waals surface area contributed by atoms with Crippen molar-refractivity contribution in [2.75, 3.05) is 7.11 Å². The second kappa shape index (κ2) is 5.54. The Balaban J connectivity index is 1.93. The number of hydrogen-bond donors (Lipinski definition) is 1. The zero-order valence-electron chi connectivity index (χ0n) is 11.5. The highest BCUT2D eigenvalue weighted by atomic mass is 35.5. The summed E-state index contributed by atoms with van der Waals surface area (Å²) < 4.78 is 24.4. The van der Waals surface area contributed by atoms with Crippen molar-refractivity contribution < 1.29 is 13.9 Å². The largest absolute Gasteiger partial charge is 0.495 e. The minimum atomic E-state index is -0.339. The van der Waals surface area contributed by atoms with Gasteiger partial charge in [-0.25, -0.2) is 4.39 Å². The number of halogens is 2. The first-order valence-electron chi connectivity index (χ1n) is 6.63. The molecule has 0 saturated carbocycles. The average molecular weight is 308 g/mol. The van der Waals surface area contributed by atoms with Crippen LogP contribution in [-0.2, 0) is 0 Å². The van der Waals surface area contributed by atoms with E-state index in [-0.39, 0.29) is 18.0 Å². The van der Waals surface area contributed by atoms with E-state index in [1.54, 1.807) is 25.3 Å². The Hall–Kier alpha value is -1.78. The molecule has 0 radical (unpaired) electrons. The third-order valence-electron chi connectivity index (χ3n) is 3.66. The standard InChI is InChI=1S/C16H15ClFNO2/c1-20-14-5-2-9(6-12(14)17)15-8-13(19)11-4-3-10(18)7-16(11)21-15/h2-7,13,15H,8,19H2,1H3. The van der Waals surface area contributed by atoms with Crippen molar-refractivity contribution in [3.63, 3.8) is 0 Å². The molecule has 2 aromatic carbocycles. The number of nitrogens with two attached hydrogens (primary N) is 1. The average Bonchev–Trinajstić information content (AvgIpc) is 2.46. The van der Waals surface area contributed by atoms with Crippen molar-refractivity contribution >= 4 is 11.6 Å². The molecule has 1 aliphatic rings. The molecule has 2 unspecified atom stereocenters. The topological polar surface area (TPSA) is 44.5 Å². The van der Waals surface area contributed by atoms with Gasteiger partial charge in [-0.2, -0.15) is 0 Å². The highest BCUT2D eigenvalue weighted by Crippen LogP contribution is 2.41. The molecule has 2 aromatic rings.